The number of aromatic amines is 1. The highest BCUT2D eigenvalue weighted by molar-refractivity contribution is 7.99. The Morgan fingerprint density at radius 2 is 2.19 bits per heavy atom. The molecule has 0 bridgehead atoms. The highest BCUT2D eigenvalue weighted by atomic mass is 32.2. The molecule has 0 unspecified atom stereocenters. The number of nitrogens with one attached hydrogen (secondary N) is 2. The summed E-state index contributed by atoms with van der Waals surface area (Å²) in [5.41, 5.74) is 1.08. The quantitative estimate of drug-likeness (QED) is 0.358. The molecule has 1 atom stereocenters. The summed E-state index contributed by atoms with van der Waals surface area (Å²) in [5.74, 6) is 1.35. The van der Waals surface area contributed by atoms with Crippen LogP contribution in [0.25, 0.3) is 11.2 Å². The molecule has 2 heterocycles. The first kappa shape index (κ1) is 15.9. The molecule has 21 heavy (non-hydrogen) atoms. The van der Waals surface area contributed by atoms with Crippen molar-refractivity contribution in [3.8, 4) is 0 Å². The van der Waals surface area contributed by atoms with Crippen molar-refractivity contribution in [2.45, 2.75) is 31.5 Å². The molecule has 8 nitrogen and oxygen atoms in total. The average Bonchev–Trinajstić information content (AvgIpc) is 2.95. The lowest BCUT2D eigenvalue weighted by Crippen LogP contribution is -2.20. The third kappa shape index (κ3) is 4.51. The van der Waals surface area contributed by atoms with Crippen LogP contribution in [-0.2, 0) is 4.74 Å². The molecule has 0 saturated heterocycles. The maximum Gasteiger partial charge on any atom is 0.207 e. The molecule has 3 N–H and O–H groups in total. The molecule has 0 aliphatic heterocycles. The molecule has 0 fully saturated rings. The van der Waals surface area contributed by atoms with E-state index in [0.29, 0.717) is 28.7 Å². The lowest BCUT2D eigenvalue weighted by atomic mass is 10.3. The van der Waals surface area contributed by atoms with E-state index in [2.05, 4.69) is 37.6 Å². The van der Waals surface area contributed by atoms with Crippen molar-refractivity contribution in [1.29, 1.82) is 0 Å². The van der Waals surface area contributed by atoms with Crippen LogP contribution in [0.15, 0.2) is 5.16 Å². The van der Waals surface area contributed by atoms with E-state index < -0.39 is 0 Å². The summed E-state index contributed by atoms with van der Waals surface area (Å²) in [6.07, 6.45) is 1.01. The molecule has 0 aliphatic rings. The smallest absolute Gasteiger partial charge is 0.207 e. The van der Waals surface area contributed by atoms with Gasteiger partial charge in [0.1, 0.15) is 0 Å². The van der Waals surface area contributed by atoms with Crippen LogP contribution in [-0.4, -0.2) is 62.1 Å². The predicted molar refractivity (Wildman–Crippen MR) is 81.5 cm³/mol. The molecule has 2 rings (SSSR count). The molecule has 9 heteroatoms. The van der Waals surface area contributed by atoms with E-state index in [-0.39, 0.29) is 12.6 Å². The molecule has 0 aromatic carbocycles. The van der Waals surface area contributed by atoms with Crippen LogP contribution in [0.4, 0.5) is 5.82 Å². The topological polar surface area (TPSA) is 109 Å². The van der Waals surface area contributed by atoms with Gasteiger partial charge in [0, 0.05) is 18.4 Å². The first-order valence-electron chi connectivity index (χ1n) is 6.91. The van der Waals surface area contributed by atoms with E-state index >= 15 is 0 Å². The number of H-pyrrole nitrogens is 1. The Kier molecular flexibility index (Phi) is 6.15. The summed E-state index contributed by atoms with van der Waals surface area (Å²) in [5, 5.41) is 23.4. The van der Waals surface area contributed by atoms with E-state index in [0.717, 1.165) is 18.8 Å². The van der Waals surface area contributed by atoms with E-state index in [1.807, 2.05) is 6.92 Å². The lowest BCUT2D eigenvalue weighted by Gasteiger charge is -2.12. The number of rotatable bonds is 9. The number of aliphatic hydroxyl groups is 1. The van der Waals surface area contributed by atoms with Crippen molar-refractivity contribution in [2.24, 2.45) is 0 Å². The number of thioether (sulfide) groups is 1. The molecular formula is C12H20N6O2S. The van der Waals surface area contributed by atoms with Crippen LogP contribution in [0.3, 0.4) is 0 Å². The van der Waals surface area contributed by atoms with Gasteiger partial charge in [0.15, 0.2) is 16.5 Å². The van der Waals surface area contributed by atoms with Crippen molar-refractivity contribution in [3.05, 3.63) is 0 Å². The molecule has 2 aromatic rings. The highest BCUT2D eigenvalue weighted by Gasteiger charge is 2.13. The Morgan fingerprint density at radius 3 is 2.95 bits per heavy atom. The van der Waals surface area contributed by atoms with Gasteiger partial charge in [-0.05, 0) is 13.3 Å². The van der Waals surface area contributed by atoms with Crippen molar-refractivity contribution in [1.82, 2.24) is 25.4 Å². The fraction of sp³-hybridized carbons (Fsp3) is 0.667. The number of anilines is 1. The summed E-state index contributed by atoms with van der Waals surface area (Å²) in [4.78, 5) is 8.77. The van der Waals surface area contributed by atoms with Crippen LogP contribution < -0.4 is 5.32 Å². The van der Waals surface area contributed by atoms with Crippen molar-refractivity contribution < 1.29 is 9.84 Å². The van der Waals surface area contributed by atoms with Crippen molar-refractivity contribution in [2.75, 3.05) is 30.9 Å². The second kappa shape index (κ2) is 8.11. The number of aliphatic hydroxyl groups excluding tert-OH is 1. The average molecular weight is 312 g/mol. The lowest BCUT2D eigenvalue weighted by molar-refractivity contribution is 0.151. The first-order chi connectivity index (χ1) is 10.2. The summed E-state index contributed by atoms with van der Waals surface area (Å²) >= 11 is 1.51. The molecule has 0 spiro atoms. The molecule has 0 amide bonds. The highest BCUT2D eigenvalue weighted by Crippen LogP contribution is 2.21. The Morgan fingerprint density at radius 1 is 1.33 bits per heavy atom. The Balaban J connectivity index is 2.06. The fourth-order valence-corrected chi connectivity index (χ4v) is 2.30. The Hall–Kier alpha value is -1.45. The minimum Gasteiger partial charge on any atom is -0.394 e. The van der Waals surface area contributed by atoms with Crippen LogP contribution in [0, 0.1) is 0 Å². The fourth-order valence-electron chi connectivity index (χ4n) is 1.61. The molecule has 0 saturated carbocycles. The summed E-state index contributed by atoms with van der Waals surface area (Å²) in [6, 6.07) is -0.120. The zero-order chi connectivity index (χ0) is 15.1. The minimum absolute atomic E-state index is 0.0106. The standard InChI is InChI=1S/C12H20N6O2S/c1-3-4-20-5-6-21-12-14-10(13-8(2)7-19)9-11(15-12)17-18-16-9/h8,19H,3-7H2,1-2H3,(H2,13,14,15,16,17,18)/t8-/m1/s1. The molecular weight excluding hydrogens is 292 g/mol. The van der Waals surface area contributed by atoms with E-state index in [4.69, 9.17) is 9.84 Å². The Bertz CT molecular complexity index is 564. The van der Waals surface area contributed by atoms with Gasteiger partial charge in [0.05, 0.1) is 13.2 Å². The summed E-state index contributed by atoms with van der Waals surface area (Å²) < 4.78 is 5.43. The van der Waals surface area contributed by atoms with Gasteiger partial charge in [-0.1, -0.05) is 18.7 Å². The number of fused-ring (bicyclic) bond motifs is 1. The SMILES string of the molecule is CCCOCCSc1nc(N[C@H](C)CO)c2n[nH]nc2n1. The predicted octanol–water partition coefficient (Wildman–Crippen LogP) is 1.06. The van der Waals surface area contributed by atoms with Gasteiger partial charge < -0.3 is 15.2 Å². The molecule has 0 radical (unpaired) electrons. The van der Waals surface area contributed by atoms with Gasteiger partial charge in [-0.15, -0.1) is 5.10 Å². The van der Waals surface area contributed by atoms with Crippen molar-refractivity contribution in [3.63, 3.8) is 0 Å². The van der Waals surface area contributed by atoms with Gasteiger partial charge >= 0.3 is 0 Å². The van der Waals surface area contributed by atoms with E-state index in [1.165, 1.54) is 11.8 Å². The number of hydrogen-bond donors (Lipinski definition) is 3. The van der Waals surface area contributed by atoms with Gasteiger partial charge in [-0.25, -0.2) is 4.98 Å². The molecule has 2 aromatic heterocycles. The number of aromatic nitrogens is 5. The van der Waals surface area contributed by atoms with E-state index in [9.17, 15) is 0 Å². The van der Waals surface area contributed by atoms with Gasteiger partial charge in [-0.3, -0.25) is 0 Å². The zero-order valence-corrected chi connectivity index (χ0v) is 13.0. The van der Waals surface area contributed by atoms with Crippen LogP contribution >= 0.6 is 11.8 Å². The number of hydrogen-bond acceptors (Lipinski definition) is 8. The third-order valence-corrected chi connectivity index (χ3v) is 3.44. The second-order valence-corrected chi connectivity index (χ2v) is 5.60. The minimum atomic E-state index is -0.120. The number of ether oxygens (including phenoxy) is 1. The Labute approximate surface area is 127 Å². The van der Waals surface area contributed by atoms with Crippen LogP contribution in [0.2, 0.25) is 0 Å². The van der Waals surface area contributed by atoms with Gasteiger partial charge in [0.25, 0.3) is 0 Å². The first-order valence-corrected chi connectivity index (χ1v) is 7.89. The van der Waals surface area contributed by atoms with Crippen LogP contribution in [0.1, 0.15) is 20.3 Å². The molecule has 0 aliphatic carbocycles. The van der Waals surface area contributed by atoms with Crippen LogP contribution in [0.5, 0.6) is 0 Å². The summed E-state index contributed by atoms with van der Waals surface area (Å²) in [6.45, 7) is 5.38. The zero-order valence-electron chi connectivity index (χ0n) is 12.2. The normalized spacial score (nSPS) is 12.7. The molecule has 116 valence electrons. The maximum absolute atomic E-state index is 9.14. The summed E-state index contributed by atoms with van der Waals surface area (Å²) in [7, 11) is 0. The van der Waals surface area contributed by atoms with E-state index in [1.54, 1.807) is 0 Å². The second-order valence-electron chi connectivity index (χ2n) is 4.54. The monoisotopic (exact) mass is 312 g/mol. The van der Waals surface area contributed by atoms with Gasteiger partial charge in [-0.2, -0.15) is 15.3 Å². The van der Waals surface area contributed by atoms with Crippen molar-refractivity contribution >= 4 is 28.7 Å². The number of nitrogens with zero attached hydrogens (tertiary/aromatic N) is 4. The van der Waals surface area contributed by atoms with Gasteiger partial charge in [0.2, 0.25) is 5.65 Å². The largest absolute Gasteiger partial charge is 0.394 e. The maximum atomic E-state index is 9.14. The third-order valence-electron chi connectivity index (χ3n) is 2.63.